The zero-order chi connectivity index (χ0) is 22.6. The number of rotatable bonds is 8. The molecule has 0 fully saturated rings. The molecular formula is C22H27N5O3S. The fourth-order valence-corrected chi connectivity index (χ4v) is 4.50. The van der Waals surface area contributed by atoms with Crippen LogP contribution in [-0.2, 0) is 10.0 Å². The van der Waals surface area contributed by atoms with Crippen molar-refractivity contribution in [2.45, 2.75) is 32.6 Å². The van der Waals surface area contributed by atoms with Crippen LogP contribution in [-0.4, -0.2) is 32.0 Å². The molecule has 0 spiro atoms. The van der Waals surface area contributed by atoms with Gasteiger partial charge in [-0.2, -0.15) is 4.98 Å². The standard InChI is InChI=1S/C22H27N5O3S/c1-6-23-21-13-16(4)24-22(26-21)25-17-7-9-18(10-8-17)27-31(28,29)20-12-14(2)19(30-5)11-15(20)3/h7-13,27H,6H2,1-5H3,(H2,23,24,25,26). The molecular weight excluding hydrogens is 414 g/mol. The van der Waals surface area contributed by atoms with Crippen molar-refractivity contribution in [2.24, 2.45) is 0 Å². The first-order chi connectivity index (χ1) is 14.7. The lowest BCUT2D eigenvalue weighted by Gasteiger charge is -2.14. The van der Waals surface area contributed by atoms with E-state index >= 15 is 0 Å². The highest BCUT2D eigenvalue weighted by Crippen LogP contribution is 2.27. The third kappa shape index (κ3) is 5.43. The van der Waals surface area contributed by atoms with Gasteiger partial charge in [0.2, 0.25) is 5.95 Å². The van der Waals surface area contributed by atoms with Gasteiger partial charge < -0.3 is 15.4 Å². The fourth-order valence-electron chi connectivity index (χ4n) is 3.13. The Morgan fingerprint density at radius 3 is 2.26 bits per heavy atom. The molecule has 0 unspecified atom stereocenters. The van der Waals surface area contributed by atoms with Crippen molar-refractivity contribution < 1.29 is 13.2 Å². The van der Waals surface area contributed by atoms with Gasteiger partial charge in [-0.25, -0.2) is 13.4 Å². The summed E-state index contributed by atoms with van der Waals surface area (Å²) >= 11 is 0. The Labute approximate surface area is 183 Å². The Hall–Kier alpha value is -3.33. The van der Waals surface area contributed by atoms with Crippen LogP contribution >= 0.6 is 0 Å². The molecule has 0 aliphatic heterocycles. The molecule has 3 aromatic rings. The number of sulfonamides is 1. The normalized spacial score (nSPS) is 11.1. The molecule has 0 saturated heterocycles. The predicted octanol–water partition coefficient (Wildman–Crippen LogP) is 4.39. The van der Waals surface area contributed by atoms with E-state index in [1.165, 1.54) is 0 Å². The topological polar surface area (TPSA) is 105 Å². The Morgan fingerprint density at radius 1 is 0.935 bits per heavy atom. The average Bonchev–Trinajstić information content (AvgIpc) is 2.70. The summed E-state index contributed by atoms with van der Waals surface area (Å²) in [5.74, 6) is 1.86. The van der Waals surface area contributed by atoms with Gasteiger partial charge in [0, 0.05) is 29.7 Å². The van der Waals surface area contributed by atoms with Gasteiger partial charge in [-0.05, 0) is 75.2 Å². The second-order valence-electron chi connectivity index (χ2n) is 7.14. The van der Waals surface area contributed by atoms with Crippen molar-refractivity contribution in [1.82, 2.24) is 9.97 Å². The molecule has 0 radical (unpaired) electrons. The number of anilines is 4. The SMILES string of the molecule is CCNc1cc(C)nc(Nc2ccc(NS(=O)(=O)c3cc(C)c(OC)cc3C)cc2)n1. The number of aromatic nitrogens is 2. The van der Waals surface area contributed by atoms with Crippen LogP contribution in [0.15, 0.2) is 47.4 Å². The molecule has 2 aromatic carbocycles. The van der Waals surface area contributed by atoms with E-state index in [0.29, 0.717) is 22.9 Å². The van der Waals surface area contributed by atoms with Crippen LogP contribution in [0.5, 0.6) is 5.75 Å². The van der Waals surface area contributed by atoms with Crippen LogP contribution in [0.4, 0.5) is 23.1 Å². The molecule has 3 N–H and O–H groups in total. The first-order valence-electron chi connectivity index (χ1n) is 9.86. The molecule has 9 heteroatoms. The molecule has 0 saturated carbocycles. The number of nitrogens with zero attached hydrogens (tertiary/aromatic N) is 2. The van der Waals surface area contributed by atoms with Crippen LogP contribution in [0.3, 0.4) is 0 Å². The maximum Gasteiger partial charge on any atom is 0.262 e. The Morgan fingerprint density at radius 2 is 1.61 bits per heavy atom. The Balaban J connectivity index is 1.77. The number of hydrogen-bond donors (Lipinski definition) is 3. The van der Waals surface area contributed by atoms with Gasteiger partial charge >= 0.3 is 0 Å². The van der Waals surface area contributed by atoms with Crippen molar-refractivity contribution in [1.29, 1.82) is 0 Å². The predicted molar refractivity (Wildman–Crippen MR) is 124 cm³/mol. The molecule has 1 aromatic heterocycles. The summed E-state index contributed by atoms with van der Waals surface area (Å²) in [6, 6.07) is 12.1. The number of nitrogens with one attached hydrogen (secondary N) is 3. The molecule has 0 amide bonds. The lowest BCUT2D eigenvalue weighted by Crippen LogP contribution is -2.14. The van der Waals surface area contributed by atoms with Gasteiger partial charge in [-0.15, -0.1) is 0 Å². The summed E-state index contributed by atoms with van der Waals surface area (Å²) in [5.41, 5.74) is 3.40. The van der Waals surface area contributed by atoms with E-state index in [1.807, 2.05) is 26.8 Å². The van der Waals surface area contributed by atoms with Crippen LogP contribution < -0.4 is 20.1 Å². The number of hydrogen-bond acceptors (Lipinski definition) is 7. The number of methoxy groups -OCH3 is 1. The number of benzene rings is 2. The largest absolute Gasteiger partial charge is 0.496 e. The van der Waals surface area contributed by atoms with E-state index in [1.54, 1.807) is 50.4 Å². The lowest BCUT2D eigenvalue weighted by atomic mass is 10.1. The van der Waals surface area contributed by atoms with Crippen LogP contribution in [0.1, 0.15) is 23.7 Å². The van der Waals surface area contributed by atoms with Crippen LogP contribution in [0.2, 0.25) is 0 Å². The number of ether oxygens (including phenoxy) is 1. The minimum atomic E-state index is -3.74. The molecule has 0 atom stereocenters. The molecule has 0 aliphatic rings. The summed E-state index contributed by atoms with van der Waals surface area (Å²) in [7, 11) is -2.18. The van der Waals surface area contributed by atoms with E-state index in [-0.39, 0.29) is 4.90 Å². The number of aryl methyl sites for hydroxylation is 3. The first kappa shape index (κ1) is 22.4. The van der Waals surface area contributed by atoms with Crippen LogP contribution in [0, 0.1) is 20.8 Å². The molecule has 31 heavy (non-hydrogen) atoms. The monoisotopic (exact) mass is 441 g/mol. The molecule has 3 rings (SSSR count). The van der Waals surface area contributed by atoms with Gasteiger partial charge in [0.25, 0.3) is 10.0 Å². The quantitative estimate of drug-likeness (QED) is 0.476. The van der Waals surface area contributed by atoms with E-state index in [0.717, 1.165) is 29.3 Å². The van der Waals surface area contributed by atoms with Crippen molar-refractivity contribution in [3.05, 3.63) is 59.3 Å². The maximum atomic E-state index is 12.9. The van der Waals surface area contributed by atoms with Crippen molar-refractivity contribution in [3.8, 4) is 5.75 Å². The van der Waals surface area contributed by atoms with Crippen molar-refractivity contribution >= 4 is 33.2 Å². The molecule has 0 aliphatic carbocycles. The average molecular weight is 442 g/mol. The fraction of sp³-hybridized carbons (Fsp3) is 0.273. The summed E-state index contributed by atoms with van der Waals surface area (Å²) in [5, 5.41) is 6.31. The van der Waals surface area contributed by atoms with Gasteiger partial charge in [-0.1, -0.05) is 0 Å². The van der Waals surface area contributed by atoms with Gasteiger partial charge in [0.05, 0.1) is 12.0 Å². The smallest absolute Gasteiger partial charge is 0.262 e. The zero-order valence-electron chi connectivity index (χ0n) is 18.3. The highest BCUT2D eigenvalue weighted by molar-refractivity contribution is 7.92. The Bertz CT molecular complexity index is 1180. The van der Waals surface area contributed by atoms with Crippen molar-refractivity contribution in [3.63, 3.8) is 0 Å². The second-order valence-corrected chi connectivity index (χ2v) is 8.79. The molecule has 8 nitrogen and oxygen atoms in total. The highest BCUT2D eigenvalue weighted by Gasteiger charge is 2.19. The summed E-state index contributed by atoms with van der Waals surface area (Å²) < 4.78 is 33.7. The van der Waals surface area contributed by atoms with E-state index in [4.69, 9.17) is 4.74 Å². The van der Waals surface area contributed by atoms with E-state index in [9.17, 15) is 8.42 Å². The third-order valence-electron chi connectivity index (χ3n) is 4.59. The van der Waals surface area contributed by atoms with Gasteiger partial charge in [-0.3, -0.25) is 4.72 Å². The van der Waals surface area contributed by atoms with Gasteiger partial charge in [0.15, 0.2) is 0 Å². The summed E-state index contributed by atoms with van der Waals surface area (Å²) in [6.07, 6.45) is 0. The van der Waals surface area contributed by atoms with Crippen LogP contribution in [0.25, 0.3) is 0 Å². The first-order valence-corrected chi connectivity index (χ1v) is 11.3. The zero-order valence-corrected chi connectivity index (χ0v) is 19.1. The van der Waals surface area contributed by atoms with E-state index in [2.05, 4.69) is 25.3 Å². The Kier molecular flexibility index (Phi) is 6.65. The summed E-state index contributed by atoms with van der Waals surface area (Å²) in [6.45, 7) is 8.21. The molecule has 164 valence electrons. The molecule has 0 bridgehead atoms. The second kappa shape index (κ2) is 9.22. The molecule has 1 heterocycles. The third-order valence-corrected chi connectivity index (χ3v) is 6.11. The lowest BCUT2D eigenvalue weighted by molar-refractivity contribution is 0.411. The van der Waals surface area contributed by atoms with Crippen molar-refractivity contribution in [2.75, 3.05) is 29.0 Å². The maximum absolute atomic E-state index is 12.9. The van der Waals surface area contributed by atoms with E-state index < -0.39 is 10.0 Å². The highest BCUT2D eigenvalue weighted by atomic mass is 32.2. The minimum Gasteiger partial charge on any atom is -0.496 e. The summed E-state index contributed by atoms with van der Waals surface area (Å²) in [4.78, 5) is 9.02. The minimum absolute atomic E-state index is 0.220. The van der Waals surface area contributed by atoms with Gasteiger partial charge in [0.1, 0.15) is 11.6 Å².